The summed E-state index contributed by atoms with van der Waals surface area (Å²) in [6.45, 7) is 4.16. The summed E-state index contributed by atoms with van der Waals surface area (Å²) in [5, 5.41) is 0.760. The topological polar surface area (TPSA) is 56.8 Å². The van der Waals surface area contributed by atoms with Crippen LogP contribution < -0.4 is 0 Å². The Balaban J connectivity index is 1.09. The first-order valence-corrected chi connectivity index (χ1v) is 17.1. The van der Waals surface area contributed by atoms with Crippen molar-refractivity contribution in [3.8, 4) is 0 Å². The number of benzene rings is 1. The number of hydrogen-bond acceptors (Lipinski definition) is 4. The van der Waals surface area contributed by atoms with Gasteiger partial charge in [-0.3, -0.25) is 19.5 Å². The molecule has 1 aromatic carbocycles. The summed E-state index contributed by atoms with van der Waals surface area (Å²) >= 11 is 14.0. The van der Waals surface area contributed by atoms with E-state index in [2.05, 4.69) is 60.8 Å². The third-order valence-corrected chi connectivity index (χ3v) is 11.3. The third-order valence-electron chi connectivity index (χ3n) is 9.98. The molecule has 4 heterocycles. The number of rotatable bonds is 4. The molecule has 3 aliphatic heterocycles. The van der Waals surface area contributed by atoms with Gasteiger partial charge in [-0.2, -0.15) is 0 Å². The number of amides is 2. The van der Waals surface area contributed by atoms with Gasteiger partial charge >= 0.3 is 0 Å². The van der Waals surface area contributed by atoms with Crippen molar-refractivity contribution in [1.29, 1.82) is 0 Å². The Bertz CT molecular complexity index is 1310. The van der Waals surface area contributed by atoms with Crippen LogP contribution >= 0.6 is 43.5 Å². The average Bonchev–Trinajstić information content (AvgIpc) is 3.32. The highest BCUT2D eigenvalue weighted by Gasteiger charge is 2.37. The maximum Gasteiger partial charge on any atom is 0.239 e. The number of hydrogen-bond donors (Lipinski definition) is 0. The minimum absolute atomic E-state index is 0.0520. The van der Waals surface area contributed by atoms with Gasteiger partial charge in [0.05, 0.1) is 11.7 Å². The standard InChI is InChI=1S/C32H39Br2ClN4O2/c1-37-10-2-3-27(37)32(41)39-11-6-20(7-12-39)15-28(40)38-13-8-21(9-14-38)30-29-22(17-25(35)18-26(29)34)4-5-23-16-24(33)19-36-31(23)30/h16-21,27,30H,2-15H2,1H3/t27-,30+/m0/s1. The van der Waals surface area contributed by atoms with Gasteiger partial charge in [0.2, 0.25) is 11.8 Å². The Morgan fingerprint density at radius 2 is 1.63 bits per heavy atom. The monoisotopic (exact) mass is 704 g/mol. The number of nitrogens with zero attached hydrogens (tertiary/aromatic N) is 4. The fraction of sp³-hybridized carbons (Fsp3) is 0.594. The lowest BCUT2D eigenvalue weighted by molar-refractivity contribution is -0.137. The number of piperidine rings is 2. The fourth-order valence-corrected chi connectivity index (χ4v) is 9.18. The van der Waals surface area contributed by atoms with Crippen molar-refractivity contribution in [1.82, 2.24) is 19.7 Å². The Labute approximate surface area is 265 Å². The highest BCUT2D eigenvalue weighted by molar-refractivity contribution is 9.10. The van der Waals surface area contributed by atoms with Crippen molar-refractivity contribution in [2.24, 2.45) is 11.8 Å². The number of carbonyl (C=O) groups excluding carboxylic acids is 2. The van der Waals surface area contributed by atoms with Crippen LogP contribution in [0.3, 0.4) is 0 Å². The molecule has 0 bridgehead atoms. The first kappa shape index (κ1) is 29.6. The van der Waals surface area contributed by atoms with E-state index >= 15 is 0 Å². The van der Waals surface area contributed by atoms with Gasteiger partial charge in [0.15, 0.2) is 0 Å². The van der Waals surface area contributed by atoms with Crippen LogP contribution in [0.4, 0.5) is 0 Å². The number of carbonyl (C=O) groups is 2. The van der Waals surface area contributed by atoms with Crippen molar-refractivity contribution < 1.29 is 9.59 Å². The summed E-state index contributed by atoms with van der Waals surface area (Å²) < 4.78 is 2.07. The van der Waals surface area contributed by atoms with E-state index in [0.717, 1.165) is 98.1 Å². The summed E-state index contributed by atoms with van der Waals surface area (Å²) in [5.74, 6) is 1.52. The molecule has 0 saturated carbocycles. The van der Waals surface area contributed by atoms with E-state index < -0.39 is 0 Å². The molecule has 1 aliphatic carbocycles. The SMILES string of the molecule is CN1CCC[C@H]1C(=O)N1CCC(CC(=O)N2CCC([C@H]3c4ncc(Br)cc4CCc4cc(Cl)cc(Br)c43)CC2)CC1. The molecule has 4 aliphatic rings. The molecule has 0 N–H and O–H groups in total. The van der Waals surface area contributed by atoms with Crippen molar-refractivity contribution >= 4 is 55.3 Å². The molecule has 9 heteroatoms. The molecule has 2 aromatic rings. The second kappa shape index (κ2) is 12.6. The van der Waals surface area contributed by atoms with E-state index in [1.54, 1.807) is 0 Å². The Kier molecular flexibility index (Phi) is 9.12. The first-order valence-electron chi connectivity index (χ1n) is 15.2. The molecular weight excluding hydrogens is 668 g/mol. The molecule has 1 aromatic heterocycles. The molecule has 3 saturated heterocycles. The molecule has 3 fully saturated rings. The summed E-state index contributed by atoms with van der Waals surface area (Å²) in [6, 6.07) is 6.41. The lowest BCUT2D eigenvalue weighted by Crippen LogP contribution is -2.48. The van der Waals surface area contributed by atoms with Gasteiger partial charge in [-0.15, -0.1) is 0 Å². The van der Waals surface area contributed by atoms with Crippen LogP contribution in [0.5, 0.6) is 0 Å². The number of aryl methyl sites for hydroxylation is 2. The highest BCUT2D eigenvalue weighted by Crippen LogP contribution is 2.46. The van der Waals surface area contributed by atoms with E-state index in [1.165, 1.54) is 22.4 Å². The van der Waals surface area contributed by atoms with Crippen LogP contribution in [0.15, 0.2) is 33.3 Å². The number of likely N-dealkylation sites (tertiary alicyclic amines) is 3. The van der Waals surface area contributed by atoms with Gasteiger partial charge in [-0.25, -0.2) is 0 Å². The molecule has 0 spiro atoms. The minimum Gasteiger partial charge on any atom is -0.343 e. The zero-order valence-electron chi connectivity index (χ0n) is 23.8. The summed E-state index contributed by atoms with van der Waals surface area (Å²) in [4.78, 5) is 37.7. The molecule has 0 unspecified atom stereocenters. The molecular formula is C32H39Br2ClN4O2. The Hall–Kier alpha value is -1.48. The number of halogens is 3. The predicted molar refractivity (Wildman–Crippen MR) is 169 cm³/mol. The highest BCUT2D eigenvalue weighted by atomic mass is 79.9. The molecule has 6 nitrogen and oxygen atoms in total. The zero-order valence-corrected chi connectivity index (χ0v) is 27.7. The minimum atomic E-state index is 0.0520. The molecule has 0 radical (unpaired) electrons. The van der Waals surface area contributed by atoms with Gasteiger partial charge in [0, 0.05) is 58.7 Å². The smallest absolute Gasteiger partial charge is 0.239 e. The Morgan fingerprint density at radius 1 is 0.927 bits per heavy atom. The van der Waals surface area contributed by atoms with Gasteiger partial charge in [0.1, 0.15) is 0 Å². The second-order valence-corrected chi connectivity index (χ2v) is 14.7. The summed E-state index contributed by atoms with van der Waals surface area (Å²) in [6.07, 6.45) is 10.3. The quantitative estimate of drug-likeness (QED) is 0.367. The molecule has 2 atom stereocenters. The van der Waals surface area contributed by atoms with Crippen LogP contribution in [-0.2, 0) is 22.4 Å². The lowest BCUT2D eigenvalue weighted by Gasteiger charge is -2.38. The van der Waals surface area contributed by atoms with E-state index in [9.17, 15) is 9.59 Å². The van der Waals surface area contributed by atoms with Crippen molar-refractivity contribution in [3.05, 3.63) is 60.7 Å². The average molecular weight is 707 g/mol. The van der Waals surface area contributed by atoms with Crippen LogP contribution in [0.2, 0.25) is 5.02 Å². The zero-order chi connectivity index (χ0) is 28.7. The van der Waals surface area contributed by atoms with Crippen molar-refractivity contribution in [3.63, 3.8) is 0 Å². The Morgan fingerprint density at radius 3 is 2.34 bits per heavy atom. The largest absolute Gasteiger partial charge is 0.343 e. The first-order chi connectivity index (χ1) is 19.8. The maximum absolute atomic E-state index is 13.4. The maximum atomic E-state index is 13.4. The number of aromatic nitrogens is 1. The van der Waals surface area contributed by atoms with Gasteiger partial charge in [0.25, 0.3) is 0 Å². The molecule has 41 heavy (non-hydrogen) atoms. The lowest BCUT2D eigenvalue weighted by atomic mass is 9.76. The van der Waals surface area contributed by atoms with E-state index in [1.807, 2.05) is 17.2 Å². The summed E-state index contributed by atoms with van der Waals surface area (Å²) in [5.41, 5.74) is 5.08. The normalized spacial score (nSPS) is 24.2. The second-order valence-electron chi connectivity index (χ2n) is 12.5. The van der Waals surface area contributed by atoms with E-state index in [0.29, 0.717) is 18.3 Å². The van der Waals surface area contributed by atoms with Gasteiger partial charge in [-0.1, -0.05) is 27.5 Å². The van der Waals surface area contributed by atoms with Crippen molar-refractivity contribution in [2.75, 3.05) is 39.8 Å². The fourth-order valence-electron chi connectivity index (χ4n) is 7.68. The summed E-state index contributed by atoms with van der Waals surface area (Å²) in [7, 11) is 2.06. The van der Waals surface area contributed by atoms with Crippen LogP contribution in [0, 0.1) is 11.8 Å². The number of pyridine rings is 1. The third kappa shape index (κ3) is 6.27. The molecule has 6 rings (SSSR count). The van der Waals surface area contributed by atoms with Crippen LogP contribution in [0.25, 0.3) is 0 Å². The number of likely N-dealkylation sites (N-methyl/N-ethyl adjacent to an activating group) is 1. The van der Waals surface area contributed by atoms with Gasteiger partial charge < -0.3 is 9.80 Å². The van der Waals surface area contributed by atoms with Gasteiger partial charge in [-0.05, 0) is 128 Å². The van der Waals surface area contributed by atoms with Crippen molar-refractivity contribution in [2.45, 2.75) is 69.7 Å². The predicted octanol–water partition coefficient (Wildman–Crippen LogP) is 6.45. The molecule has 2 amide bonds. The van der Waals surface area contributed by atoms with E-state index in [4.69, 9.17) is 16.6 Å². The van der Waals surface area contributed by atoms with Crippen LogP contribution in [-0.4, -0.2) is 77.3 Å². The number of fused-ring (bicyclic) bond motifs is 2. The van der Waals surface area contributed by atoms with E-state index in [-0.39, 0.29) is 23.8 Å². The molecule has 220 valence electrons. The van der Waals surface area contributed by atoms with Crippen LogP contribution in [0.1, 0.15) is 73.2 Å².